The second kappa shape index (κ2) is 5.66. The van der Waals surface area contributed by atoms with Crippen molar-refractivity contribution in [1.29, 1.82) is 5.26 Å². The van der Waals surface area contributed by atoms with Gasteiger partial charge in [0.15, 0.2) is 11.6 Å². The standard InChI is InChI=1S/C14H8Cl2F2N2/c1-7-2-3-9(15)13(12(7)16)20-14-10(17)4-8(6-19)5-11(14)18/h2-5,20H,1H3. The van der Waals surface area contributed by atoms with Crippen molar-refractivity contribution < 1.29 is 8.78 Å². The van der Waals surface area contributed by atoms with E-state index in [2.05, 4.69) is 5.32 Å². The van der Waals surface area contributed by atoms with Crippen LogP contribution in [0, 0.1) is 29.9 Å². The minimum absolute atomic E-state index is 0.105. The summed E-state index contributed by atoms with van der Waals surface area (Å²) in [6.45, 7) is 1.75. The van der Waals surface area contributed by atoms with E-state index < -0.39 is 17.3 Å². The fourth-order valence-corrected chi connectivity index (χ4v) is 2.12. The molecule has 1 N–H and O–H groups in total. The first-order valence-corrected chi connectivity index (χ1v) is 6.30. The van der Waals surface area contributed by atoms with Gasteiger partial charge in [-0.15, -0.1) is 0 Å². The van der Waals surface area contributed by atoms with Crippen LogP contribution in [0.25, 0.3) is 0 Å². The van der Waals surface area contributed by atoms with Gasteiger partial charge in [-0.25, -0.2) is 8.78 Å². The number of hydrogen-bond acceptors (Lipinski definition) is 2. The van der Waals surface area contributed by atoms with Crippen molar-refractivity contribution in [2.45, 2.75) is 6.92 Å². The van der Waals surface area contributed by atoms with Crippen molar-refractivity contribution >= 4 is 34.6 Å². The average Bonchev–Trinajstić information content (AvgIpc) is 2.41. The lowest BCUT2D eigenvalue weighted by Crippen LogP contribution is -2.00. The van der Waals surface area contributed by atoms with Crippen LogP contribution in [0.1, 0.15) is 11.1 Å². The maximum absolute atomic E-state index is 13.8. The third-order valence-corrected chi connectivity index (χ3v) is 3.51. The third-order valence-electron chi connectivity index (χ3n) is 2.71. The van der Waals surface area contributed by atoms with Crippen molar-refractivity contribution in [1.82, 2.24) is 0 Å². The molecule has 0 heterocycles. The zero-order valence-corrected chi connectivity index (χ0v) is 11.8. The molecular formula is C14H8Cl2F2N2. The number of nitrogens with zero attached hydrogens (tertiary/aromatic N) is 1. The lowest BCUT2D eigenvalue weighted by molar-refractivity contribution is 0.590. The Bertz CT molecular complexity index is 701. The van der Waals surface area contributed by atoms with Crippen molar-refractivity contribution in [2.75, 3.05) is 5.32 Å². The summed E-state index contributed by atoms with van der Waals surface area (Å²) in [5.41, 5.74) is 0.425. The summed E-state index contributed by atoms with van der Waals surface area (Å²) >= 11 is 12.0. The normalized spacial score (nSPS) is 10.2. The van der Waals surface area contributed by atoms with E-state index >= 15 is 0 Å². The lowest BCUT2D eigenvalue weighted by atomic mass is 10.1. The molecule has 0 aromatic heterocycles. The second-order valence-electron chi connectivity index (χ2n) is 4.10. The van der Waals surface area contributed by atoms with E-state index in [0.717, 1.165) is 12.1 Å². The zero-order valence-electron chi connectivity index (χ0n) is 10.3. The molecule has 0 saturated carbocycles. The fraction of sp³-hybridized carbons (Fsp3) is 0.0714. The quantitative estimate of drug-likeness (QED) is 0.827. The Morgan fingerprint density at radius 3 is 2.25 bits per heavy atom. The van der Waals surface area contributed by atoms with Crippen LogP contribution >= 0.6 is 23.2 Å². The number of aryl methyl sites for hydroxylation is 1. The molecule has 0 saturated heterocycles. The van der Waals surface area contributed by atoms with Crippen LogP contribution < -0.4 is 5.32 Å². The zero-order chi connectivity index (χ0) is 14.9. The van der Waals surface area contributed by atoms with Crippen LogP contribution in [-0.2, 0) is 0 Å². The predicted molar refractivity (Wildman–Crippen MR) is 75.6 cm³/mol. The summed E-state index contributed by atoms with van der Waals surface area (Å²) in [6.07, 6.45) is 0. The summed E-state index contributed by atoms with van der Waals surface area (Å²) in [5, 5.41) is 11.7. The average molecular weight is 313 g/mol. The molecule has 0 atom stereocenters. The van der Waals surface area contributed by atoms with Crippen LogP contribution in [0.15, 0.2) is 24.3 Å². The van der Waals surface area contributed by atoms with Gasteiger partial charge in [0.2, 0.25) is 0 Å². The first-order chi connectivity index (χ1) is 9.43. The maximum atomic E-state index is 13.8. The smallest absolute Gasteiger partial charge is 0.150 e. The Kier molecular flexibility index (Phi) is 4.12. The van der Waals surface area contributed by atoms with Crippen LogP contribution in [0.2, 0.25) is 10.0 Å². The second-order valence-corrected chi connectivity index (χ2v) is 4.89. The van der Waals surface area contributed by atoms with Gasteiger partial charge in [0.05, 0.1) is 27.4 Å². The Hall–Kier alpha value is -1.83. The van der Waals surface area contributed by atoms with Crippen molar-refractivity contribution in [3.05, 3.63) is 57.1 Å². The number of halogens is 4. The van der Waals surface area contributed by atoms with Gasteiger partial charge in [-0.2, -0.15) is 5.26 Å². The van der Waals surface area contributed by atoms with Crippen LogP contribution in [0.4, 0.5) is 20.2 Å². The summed E-state index contributed by atoms with van der Waals surface area (Å²) in [4.78, 5) is 0. The van der Waals surface area contributed by atoms with Crippen LogP contribution in [0.3, 0.4) is 0 Å². The molecule has 0 aliphatic carbocycles. The van der Waals surface area contributed by atoms with E-state index in [1.54, 1.807) is 25.1 Å². The van der Waals surface area contributed by atoms with Crippen LogP contribution in [0.5, 0.6) is 0 Å². The minimum atomic E-state index is -0.893. The molecule has 2 rings (SSSR count). The molecule has 102 valence electrons. The van der Waals surface area contributed by atoms with E-state index in [1.807, 2.05) is 0 Å². The first-order valence-electron chi connectivity index (χ1n) is 5.54. The molecule has 2 aromatic carbocycles. The molecule has 0 aliphatic heterocycles. The van der Waals surface area contributed by atoms with Gasteiger partial charge in [0, 0.05) is 0 Å². The molecule has 2 aromatic rings. The largest absolute Gasteiger partial charge is 0.348 e. The van der Waals surface area contributed by atoms with Gasteiger partial charge in [0.1, 0.15) is 5.69 Å². The monoisotopic (exact) mass is 312 g/mol. The Morgan fingerprint density at radius 1 is 1.10 bits per heavy atom. The molecule has 0 amide bonds. The fourth-order valence-electron chi connectivity index (χ4n) is 1.65. The Morgan fingerprint density at radius 2 is 1.70 bits per heavy atom. The van der Waals surface area contributed by atoms with E-state index in [4.69, 9.17) is 28.5 Å². The number of rotatable bonds is 2. The number of benzene rings is 2. The first kappa shape index (κ1) is 14.6. The topological polar surface area (TPSA) is 35.8 Å². The van der Waals surface area contributed by atoms with Crippen LogP contribution in [-0.4, -0.2) is 0 Å². The highest BCUT2D eigenvalue weighted by Gasteiger charge is 2.15. The number of nitriles is 1. The molecule has 0 aliphatic rings. The minimum Gasteiger partial charge on any atom is -0.348 e. The van der Waals surface area contributed by atoms with E-state index in [-0.39, 0.29) is 21.3 Å². The third kappa shape index (κ3) is 2.69. The highest BCUT2D eigenvalue weighted by molar-refractivity contribution is 6.39. The molecule has 0 unspecified atom stereocenters. The van der Waals surface area contributed by atoms with Gasteiger partial charge >= 0.3 is 0 Å². The van der Waals surface area contributed by atoms with Crippen molar-refractivity contribution in [2.24, 2.45) is 0 Å². The molecular weight excluding hydrogens is 305 g/mol. The predicted octanol–water partition coefficient (Wildman–Crippen LogP) is 5.20. The molecule has 0 radical (unpaired) electrons. The molecule has 0 spiro atoms. The highest BCUT2D eigenvalue weighted by atomic mass is 35.5. The summed E-state index contributed by atoms with van der Waals surface area (Å²) in [7, 11) is 0. The number of anilines is 2. The van der Waals surface area contributed by atoms with Gasteiger partial charge in [-0.1, -0.05) is 29.3 Å². The van der Waals surface area contributed by atoms with Gasteiger partial charge < -0.3 is 5.32 Å². The van der Waals surface area contributed by atoms with Gasteiger partial charge in [-0.3, -0.25) is 0 Å². The Balaban J connectivity index is 2.52. The van der Waals surface area contributed by atoms with E-state index in [1.165, 1.54) is 0 Å². The SMILES string of the molecule is Cc1ccc(Cl)c(Nc2c(F)cc(C#N)cc2F)c1Cl. The Labute approximate surface area is 124 Å². The maximum Gasteiger partial charge on any atom is 0.150 e. The molecule has 0 bridgehead atoms. The summed E-state index contributed by atoms with van der Waals surface area (Å²) < 4.78 is 27.6. The molecule has 20 heavy (non-hydrogen) atoms. The van der Waals surface area contributed by atoms with Crippen molar-refractivity contribution in [3.8, 4) is 6.07 Å². The summed E-state index contributed by atoms with van der Waals surface area (Å²) in [6, 6.07) is 6.81. The number of hydrogen-bond donors (Lipinski definition) is 1. The lowest BCUT2D eigenvalue weighted by Gasteiger charge is -2.13. The summed E-state index contributed by atoms with van der Waals surface area (Å²) in [5.74, 6) is -1.79. The number of nitrogens with one attached hydrogen (secondary N) is 1. The van der Waals surface area contributed by atoms with E-state index in [0.29, 0.717) is 5.56 Å². The highest BCUT2D eigenvalue weighted by Crippen LogP contribution is 2.36. The van der Waals surface area contributed by atoms with Gasteiger partial charge in [0.25, 0.3) is 0 Å². The van der Waals surface area contributed by atoms with Gasteiger partial charge in [-0.05, 0) is 30.7 Å². The molecule has 6 heteroatoms. The molecule has 0 fully saturated rings. The molecule has 2 nitrogen and oxygen atoms in total. The van der Waals surface area contributed by atoms with Crippen molar-refractivity contribution in [3.63, 3.8) is 0 Å². The van der Waals surface area contributed by atoms with E-state index in [9.17, 15) is 8.78 Å².